The lowest BCUT2D eigenvalue weighted by molar-refractivity contribution is -0.384. The molecule has 7 nitrogen and oxygen atoms in total. The Morgan fingerprint density at radius 1 is 1.38 bits per heavy atom. The van der Waals surface area contributed by atoms with Gasteiger partial charge in [0.05, 0.1) is 4.92 Å². The summed E-state index contributed by atoms with van der Waals surface area (Å²) in [4.78, 5) is 32.9. The lowest BCUT2D eigenvalue weighted by atomic mass is 10.0. The molecule has 0 unspecified atom stereocenters. The van der Waals surface area contributed by atoms with E-state index in [0.717, 1.165) is 0 Å². The second kappa shape index (κ2) is 7.37. The molecule has 1 aromatic rings. The van der Waals surface area contributed by atoms with E-state index in [1.807, 2.05) is 0 Å². The van der Waals surface area contributed by atoms with Crippen molar-refractivity contribution in [3.05, 3.63) is 39.9 Å². The third kappa shape index (κ3) is 5.21. The molecule has 0 spiro atoms. The van der Waals surface area contributed by atoms with Crippen LogP contribution in [0.4, 0.5) is 5.69 Å². The van der Waals surface area contributed by atoms with Crippen molar-refractivity contribution >= 4 is 17.6 Å². The molecule has 1 amide bonds. The van der Waals surface area contributed by atoms with Crippen LogP contribution >= 0.6 is 0 Å². The van der Waals surface area contributed by atoms with Crippen LogP contribution in [0.15, 0.2) is 24.3 Å². The van der Waals surface area contributed by atoms with Gasteiger partial charge in [-0.25, -0.2) is 4.79 Å². The maximum Gasteiger partial charge on any atom is 0.326 e. The first-order valence-corrected chi connectivity index (χ1v) is 6.56. The first-order chi connectivity index (χ1) is 9.81. The molecule has 0 saturated carbocycles. The Labute approximate surface area is 122 Å². The molecule has 0 aliphatic rings. The zero-order chi connectivity index (χ0) is 16.0. The van der Waals surface area contributed by atoms with Gasteiger partial charge in [0.2, 0.25) is 5.91 Å². The van der Waals surface area contributed by atoms with E-state index in [1.54, 1.807) is 26.0 Å². The van der Waals surface area contributed by atoms with Gasteiger partial charge in [0.25, 0.3) is 5.69 Å². The van der Waals surface area contributed by atoms with E-state index < -0.39 is 16.9 Å². The molecule has 0 radical (unpaired) electrons. The number of nitro benzene ring substituents is 1. The fourth-order valence-corrected chi connectivity index (χ4v) is 1.84. The van der Waals surface area contributed by atoms with Gasteiger partial charge in [0, 0.05) is 18.6 Å². The van der Waals surface area contributed by atoms with Crippen LogP contribution in [0.3, 0.4) is 0 Å². The molecule has 1 rings (SSSR count). The van der Waals surface area contributed by atoms with Crippen LogP contribution in [0, 0.1) is 16.0 Å². The van der Waals surface area contributed by atoms with E-state index >= 15 is 0 Å². The summed E-state index contributed by atoms with van der Waals surface area (Å²) in [6, 6.07) is 5.10. The number of carboxylic acid groups (broad SMARTS) is 1. The summed E-state index contributed by atoms with van der Waals surface area (Å²) in [5.74, 6) is -1.68. The molecule has 1 aromatic carbocycles. The first kappa shape index (κ1) is 16.6. The van der Waals surface area contributed by atoms with Crippen LogP contribution in [-0.2, 0) is 16.0 Å². The summed E-state index contributed by atoms with van der Waals surface area (Å²) in [6.07, 6.45) is 0.398. The van der Waals surface area contributed by atoms with Gasteiger partial charge in [0.15, 0.2) is 0 Å². The maximum atomic E-state index is 11.7. The van der Waals surface area contributed by atoms with Crippen LogP contribution in [0.2, 0.25) is 0 Å². The van der Waals surface area contributed by atoms with Crippen LogP contribution in [0.1, 0.15) is 25.8 Å². The number of nitrogens with zero attached hydrogens (tertiary/aromatic N) is 1. The first-order valence-electron chi connectivity index (χ1n) is 6.56. The quantitative estimate of drug-likeness (QED) is 0.588. The highest BCUT2D eigenvalue weighted by Gasteiger charge is 2.23. The van der Waals surface area contributed by atoms with Crippen molar-refractivity contribution in [2.24, 2.45) is 5.92 Å². The van der Waals surface area contributed by atoms with Crippen molar-refractivity contribution in [3.8, 4) is 0 Å². The monoisotopic (exact) mass is 294 g/mol. The number of aliphatic carboxylic acids is 1. The number of carbonyl (C=O) groups excluding carboxylic acids is 1. The molecule has 0 aromatic heterocycles. The van der Waals surface area contributed by atoms with Crippen molar-refractivity contribution in [3.63, 3.8) is 0 Å². The Bertz CT molecular complexity index is 542. The Morgan fingerprint density at radius 3 is 2.57 bits per heavy atom. The number of aryl methyl sites for hydroxylation is 1. The van der Waals surface area contributed by atoms with Gasteiger partial charge < -0.3 is 10.4 Å². The minimum absolute atomic E-state index is 0.0292. The van der Waals surface area contributed by atoms with Crippen molar-refractivity contribution < 1.29 is 19.6 Å². The summed E-state index contributed by atoms with van der Waals surface area (Å²) in [5, 5.41) is 22.1. The third-order valence-corrected chi connectivity index (χ3v) is 3.01. The summed E-state index contributed by atoms with van der Waals surface area (Å²) < 4.78 is 0. The van der Waals surface area contributed by atoms with E-state index in [4.69, 9.17) is 5.11 Å². The van der Waals surface area contributed by atoms with E-state index in [-0.39, 0.29) is 23.9 Å². The van der Waals surface area contributed by atoms with E-state index in [2.05, 4.69) is 5.32 Å². The second-order valence-electron chi connectivity index (χ2n) is 5.05. The summed E-state index contributed by atoms with van der Waals surface area (Å²) in [7, 11) is 0. The van der Waals surface area contributed by atoms with Gasteiger partial charge >= 0.3 is 5.97 Å². The molecule has 7 heteroatoms. The number of hydrogen-bond donors (Lipinski definition) is 2. The predicted molar refractivity (Wildman–Crippen MR) is 75.8 cm³/mol. The van der Waals surface area contributed by atoms with Crippen molar-refractivity contribution in [2.75, 3.05) is 0 Å². The number of carbonyl (C=O) groups is 2. The molecule has 1 atom stereocenters. The number of nitrogens with one attached hydrogen (secondary N) is 1. The molecular formula is C14H18N2O5. The molecule has 2 N–H and O–H groups in total. The topological polar surface area (TPSA) is 110 Å². The van der Waals surface area contributed by atoms with Gasteiger partial charge in [-0.3, -0.25) is 14.9 Å². The molecule has 21 heavy (non-hydrogen) atoms. The van der Waals surface area contributed by atoms with Crippen LogP contribution in [0.25, 0.3) is 0 Å². The van der Waals surface area contributed by atoms with Gasteiger partial charge in [0.1, 0.15) is 6.04 Å². The predicted octanol–water partition coefficient (Wildman–Crippen LogP) is 1.75. The number of carboxylic acids is 1. The van der Waals surface area contributed by atoms with Crippen LogP contribution < -0.4 is 5.32 Å². The summed E-state index contributed by atoms with van der Waals surface area (Å²) >= 11 is 0. The SMILES string of the molecule is CC(C)[C@H](NC(=O)CCc1cccc([N+](=O)[O-])c1)C(=O)O. The Balaban J connectivity index is 2.58. The fraction of sp³-hybridized carbons (Fsp3) is 0.429. The minimum atomic E-state index is -1.08. The largest absolute Gasteiger partial charge is 0.480 e. The van der Waals surface area contributed by atoms with Crippen LogP contribution in [-0.4, -0.2) is 27.9 Å². The average molecular weight is 294 g/mol. The number of amides is 1. The number of nitro groups is 1. The molecular weight excluding hydrogens is 276 g/mol. The molecule has 0 heterocycles. The van der Waals surface area contributed by atoms with E-state index in [0.29, 0.717) is 12.0 Å². The smallest absolute Gasteiger partial charge is 0.326 e. The average Bonchev–Trinajstić information content (AvgIpc) is 2.42. The van der Waals surface area contributed by atoms with Gasteiger partial charge in [-0.1, -0.05) is 26.0 Å². The maximum absolute atomic E-state index is 11.7. The standard InChI is InChI=1S/C14H18N2O5/c1-9(2)13(14(18)19)15-12(17)7-6-10-4-3-5-11(8-10)16(20)21/h3-5,8-9,13H,6-7H2,1-2H3,(H,15,17)(H,18,19)/t13-/m0/s1. The molecule has 0 bridgehead atoms. The molecule has 0 aliphatic carbocycles. The number of hydrogen-bond acceptors (Lipinski definition) is 4. The minimum Gasteiger partial charge on any atom is -0.480 e. The van der Waals surface area contributed by atoms with Gasteiger partial charge in [-0.15, -0.1) is 0 Å². The molecule has 0 fully saturated rings. The highest BCUT2D eigenvalue weighted by molar-refractivity contribution is 5.83. The number of rotatable bonds is 7. The zero-order valence-corrected chi connectivity index (χ0v) is 11.9. The highest BCUT2D eigenvalue weighted by Crippen LogP contribution is 2.14. The van der Waals surface area contributed by atoms with E-state index in [1.165, 1.54) is 12.1 Å². The lowest BCUT2D eigenvalue weighted by Crippen LogP contribution is -2.44. The van der Waals surface area contributed by atoms with E-state index in [9.17, 15) is 19.7 Å². The molecule has 0 saturated heterocycles. The Morgan fingerprint density at radius 2 is 2.05 bits per heavy atom. The number of non-ortho nitro benzene ring substituents is 1. The second-order valence-corrected chi connectivity index (χ2v) is 5.05. The van der Waals surface area contributed by atoms with Gasteiger partial charge in [-0.2, -0.15) is 0 Å². The number of benzene rings is 1. The third-order valence-electron chi connectivity index (χ3n) is 3.01. The Hall–Kier alpha value is -2.44. The lowest BCUT2D eigenvalue weighted by Gasteiger charge is -2.17. The summed E-state index contributed by atoms with van der Waals surface area (Å²) in [6.45, 7) is 3.42. The summed E-state index contributed by atoms with van der Waals surface area (Å²) in [5.41, 5.74) is 0.634. The molecule has 114 valence electrons. The normalized spacial score (nSPS) is 12.0. The fourth-order valence-electron chi connectivity index (χ4n) is 1.84. The van der Waals surface area contributed by atoms with Crippen LogP contribution in [0.5, 0.6) is 0 Å². The Kier molecular flexibility index (Phi) is 5.83. The zero-order valence-electron chi connectivity index (χ0n) is 11.9. The van der Waals surface area contributed by atoms with Crippen molar-refractivity contribution in [2.45, 2.75) is 32.7 Å². The molecule has 0 aliphatic heterocycles. The van der Waals surface area contributed by atoms with Crippen molar-refractivity contribution in [1.82, 2.24) is 5.32 Å². The van der Waals surface area contributed by atoms with Crippen molar-refractivity contribution in [1.29, 1.82) is 0 Å². The van der Waals surface area contributed by atoms with Gasteiger partial charge in [-0.05, 0) is 17.9 Å². The highest BCUT2D eigenvalue weighted by atomic mass is 16.6.